The summed E-state index contributed by atoms with van der Waals surface area (Å²) in [5.41, 5.74) is -0.805. The average molecular weight is 357 g/mol. The third kappa shape index (κ3) is 3.84. The lowest BCUT2D eigenvalue weighted by atomic mass is 9.76. The number of rotatable bonds is 7. The number of halogens is 1. The van der Waals surface area contributed by atoms with E-state index in [-0.39, 0.29) is 13.2 Å². The Morgan fingerprint density at radius 1 is 1.10 bits per heavy atom. The first kappa shape index (κ1) is 17.7. The van der Waals surface area contributed by atoms with Crippen molar-refractivity contribution in [3.63, 3.8) is 0 Å². The predicted molar refractivity (Wildman–Crippen MR) is 84.0 cm³/mol. The maximum atomic E-state index is 12.5. The third-order valence-electron chi connectivity index (χ3n) is 3.19. The zero-order valence-electron chi connectivity index (χ0n) is 12.6. The van der Waals surface area contributed by atoms with Gasteiger partial charge < -0.3 is 9.47 Å². The molecule has 0 aliphatic carbocycles. The summed E-state index contributed by atoms with van der Waals surface area (Å²) in [6.07, 6.45) is 1.01. The molecule has 0 saturated carbocycles. The van der Waals surface area contributed by atoms with Gasteiger partial charge >= 0.3 is 11.9 Å². The van der Waals surface area contributed by atoms with Crippen molar-refractivity contribution in [1.82, 2.24) is 0 Å². The summed E-state index contributed by atoms with van der Waals surface area (Å²) < 4.78 is 11.1. The maximum absolute atomic E-state index is 12.5. The molecule has 116 valence electrons. The fourth-order valence-electron chi connectivity index (χ4n) is 2.31. The molecule has 21 heavy (non-hydrogen) atoms. The first-order valence-corrected chi connectivity index (χ1v) is 7.92. The minimum atomic E-state index is -1.40. The largest absolute Gasteiger partial charge is 0.465 e. The number of carbonyl (C=O) groups excluding carboxylic acids is 2. The summed E-state index contributed by atoms with van der Waals surface area (Å²) in [5.74, 6) is -1.10. The van der Waals surface area contributed by atoms with Crippen LogP contribution in [-0.2, 0) is 24.5 Å². The number of hydrogen-bond acceptors (Lipinski definition) is 4. The molecule has 1 aromatic carbocycles. The van der Waals surface area contributed by atoms with Gasteiger partial charge in [0.25, 0.3) is 0 Å². The smallest absolute Gasteiger partial charge is 0.328 e. The van der Waals surface area contributed by atoms with Gasteiger partial charge in [-0.25, -0.2) is 0 Å². The first-order valence-electron chi connectivity index (χ1n) is 7.13. The molecule has 0 amide bonds. The van der Waals surface area contributed by atoms with Gasteiger partial charge in [-0.05, 0) is 38.0 Å². The molecule has 0 heterocycles. The lowest BCUT2D eigenvalue weighted by Crippen LogP contribution is -2.46. The molecule has 0 unspecified atom stereocenters. The van der Waals surface area contributed by atoms with E-state index in [2.05, 4.69) is 15.9 Å². The molecule has 0 aromatic heterocycles. The summed E-state index contributed by atoms with van der Waals surface area (Å²) in [4.78, 5) is 25.1. The Morgan fingerprint density at radius 2 is 1.67 bits per heavy atom. The van der Waals surface area contributed by atoms with E-state index in [0.29, 0.717) is 18.4 Å². The van der Waals surface area contributed by atoms with E-state index in [0.717, 1.165) is 4.47 Å². The summed E-state index contributed by atoms with van der Waals surface area (Å²) in [7, 11) is 0. The molecule has 0 saturated heterocycles. The molecule has 0 fully saturated rings. The van der Waals surface area contributed by atoms with Crippen molar-refractivity contribution in [3.05, 3.63) is 34.3 Å². The van der Waals surface area contributed by atoms with E-state index < -0.39 is 17.4 Å². The zero-order valence-corrected chi connectivity index (χ0v) is 14.2. The minimum Gasteiger partial charge on any atom is -0.465 e. The van der Waals surface area contributed by atoms with Gasteiger partial charge in [0, 0.05) is 4.47 Å². The van der Waals surface area contributed by atoms with Gasteiger partial charge in [0.05, 0.1) is 13.2 Å². The van der Waals surface area contributed by atoms with Gasteiger partial charge in [0.15, 0.2) is 5.41 Å². The van der Waals surface area contributed by atoms with E-state index in [1.807, 2.05) is 13.0 Å². The van der Waals surface area contributed by atoms with Crippen molar-refractivity contribution in [2.75, 3.05) is 13.2 Å². The second-order valence-electron chi connectivity index (χ2n) is 4.61. The number of esters is 2. The van der Waals surface area contributed by atoms with Crippen molar-refractivity contribution in [1.29, 1.82) is 0 Å². The van der Waals surface area contributed by atoms with E-state index >= 15 is 0 Å². The van der Waals surface area contributed by atoms with E-state index in [1.165, 1.54) is 0 Å². The number of carbonyl (C=O) groups is 2. The van der Waals surface area contributed by atoms with E-state index in [1.54, 1.807) is 32.0 Å². The third-order valence-corrected chi connectivity index (χ3v) is 3.68. The highest BCUT2D eigenvalue weighted by molar-refractivity contribution is 9.10. The molecule has 5 heteroatoms. The quantitative estimate of drug-likeness (QED) is 0.553. The standard InChI is InChI=1S/C16H21BrO4/c1-4-10-16(14(18)20-5-2,15(19)21-6-3)12-8-7-9-13(17)11-12/h7-9,11H,4-6,10H2,1-3H3. The normalized spacial score (nSPS) is 11.0. The summed E-state index contributed by atoms with van der Waals surface area (Å²) in [6, 6.07) is 7.16. The SMILES string of the molecule is CCCC(C(=O)OCC)(C(=O)OCC)c1cccc(Br)c1. The van der Waals surface area contributed by atoms with Crippen LogP contribution in [0.1, 0.15) is 39.2 Å². The lowest BCUT2D eigenvalue weighted by Gasteiger charge is -2.29. The van der Waals surface area contributed by atoms with Crippen molar-refractivity contribution in [2.24, 2.45) is 0 Å². The van der Waals surface area contributed by atoms with Crippen LogP contribution < -0.4 is 0 Å². The molecule has 4 nitrogen and oxygen atoms in total. The highest BCUT2D eigenvalue weighted by atomic mass is 79.9. The predicted octanol–water partition coefficient (Wildman–Crippen LogP) is 3.61. The van der Waals surface area contributed by atoms with Gasteiger partial charge in [-0.2, -0.15) is 0 Å². The lowest BCUT2D eigenvalue weighted by molar-refractivity contribution is -0.165. The van der Waals surface area contributed by atoms with Crippen LogP contribution in [0.15, 0.2) is 28.7 Å². The van der Waals surface area contributed by atoms with Crippen LogP contribution in [0.25, 0.3) is 0 Å². The van der Waals surface area contributed by atoms with Crippen LogP contribution >= 0.6 is 15.9 Å². The Morgan fingerprint density at radius 3 is 2.10 bits per heavy atom. The van der Waals surface area contributed by atoms with Crippen LogP contribution in [0, 0.1) is 0 Å². The van der Waals surface area contributed by atoms with Crippen molar-refractivity contribution < 1.29 is 19.1 Å². The molecule has 0 aliphatic heterocycles. The molecule has 1 aromatic rings. The molecule has 0 spiro atoms. The van der Waals surface area contributed by atoms with E-state index in [9.17, 15) is 9.59 Å². The molecular formula is C16H21BrO4. The molecule has 0 bridgehead atoms. The van der Waals surface area contributed by atoms with Crippen LogP contribution in [0.2, 0.25) is 0 Å². The monoisotopic (exact) mass is 356 g/mol. The van der Waals surface area contributed by atoms with Gasteiger partial charge in [-0.3, -0.25) is 9.59 Å². The van der Waals surface area contributed by atoms with Gasteiger partial charge in [-0.15, -0.1) is 0 Å². The van der Waals surface area contributed by atoms with Gasteiger partial charge in [0.1, 0.15) is 0 Å². The molecule has 0 atom stereocenters. The van der Waals surface area contributed by atoms with Crippen LogP contribution in [0.4, 0.5) is 0 Å². The number of benzene rings is 1. The molecule has 1 rings (SSSR count). The van der Waals surface area contributed by atoms with Crippen LogP contribution in [0.5, 0.6) is 0 Å². The Kier molecular flexibility index (Phi) is 6.89. The maximum Gasteiger partial charge on any atom is 0.328 e. The van der Waals surface area contributed by atoms with Crippen LogP contribution in [-0.4, -0.2) is 25.2 Å². The minimum absolute atomic E-state index is 0.220. The Hall–Kier alpha value is -1.36. The van der Waals surface area contributed by atoms with Gasteiger partial charge in [-0.1, -0.05) is 41.4 Å². The molecule has 0 aliphatic rings. The highest BCUT2D eigenvalue weighted by Gasteiger charge is 2.49. The Balaban J connectivity index is 3.42. The number of hydrogen-bond donors (Lipinski definition) is 0. The van der Waals surface area contributed by atoms with Gasteiger partial charge in [0.2, 0.25) is 0 Å². The zero-order chi connectivity index (χ0) is 15.9. The second-order valence-corrected chi connectivity index (χ2v) is 5.52. The highest BCUT2D eigenvalue weighted by Crippen LogP contribution is 2.34. The average Bonchev–Trinajstić information content (AvgIpc) is 2.45. The summed E-state index contributed by atoms with van der Waals surface area (Å²) in [5, 5.41) is 0. The van der Waals surface area contributed by atoms with Crippen molar-refractivity contribution >= 4 is 27.9 Å². The molecule has 0 radical (unpaired) electrons. The fourth-order valence-corrected chi connectivity index (χ4v) is 2.70. The molecule has 0 N–H and O–H groups in total. The number of ether oxygens (including phenoxy) is 2. The van der Waals surface area contributed by atoms with Crippen molar-refractivity contribution in [3.8, 4) is 0 Å². The van der Waals surface area contributed by atoms with Crippen molar-refractivity contribution in [2.45, 2.75) is 39.0 Å². The topological polar surface area (TPSA) is 52.6 Å². The van der Waals surface area contributed by atoms with E-state index in [4.69, 9.17) is 9.47 Å². The Labute approximate surface area is 133 Å². The van der Waals surface area contributed by atoms with Crippen LogP contribution in [0.3, 0.4) is 0 Å². The molecular weight excluding hydrogens is 336 g/mol. The Bertz CT molecular complexity index is 481. The summed E-state index contributed by atoms with van der Waals surface area (Å²) in [6.45, 7) is 5.81. The summed E-state index contributed by atoms with van der Waals surface area (Å²) >= 11 is 3.38. The second kappa shape index (κ2) is 8.17. The fraction of sp³-hybridized carbons (Fsp3) is 0.500. The first-order chi connectivity index (χ1) is 10.0.